The molecule has 0 unspecified atom stereocenters. The van der Waals surface area contributed by atoms with Gasteiger partial charge in [-0.25, -0.2) is 9.97 Å². The van der Waals surface area contributed by atoms with Crippen LogP contribution in [0.15, 0.2) is 55.2 Å². The first-order valence-electron chi connectivity index (χ1n) is 7.03. The van der Waals surface area contributed by atoms with Crippen LogP contribution in [0.4, 0.5) is 11.4 Å². The van der Waals surface area contributed by atoms with Crippen molar-refractivity contribution in [2.24, 2.45) is 0 Å². The SMILES string of the molecule is N#Cc1ccc([N+](=O)[O-])c(NCc2cccnc2-n2ccnc2)c1. The van der Waals surface area contributed by atoms with Crippen molar-refractivity contribution in [1.29, 1.82) is 5.26 Å². The van der Waals surface area contributed by atoms with E-state index in [2.05, 4.69) is 15.3 Å². The number of nitrogens with zero attached hydrogens (tertiary/aromatic N) is 5. The molecular weight excluding hydrogens is 308 g/mol. The number of nitriles is 1. The van der Waals surface area contributed by atoms with Crippen LogP contribution < -0.4 is 5.32 Å². The minimum atomic E-state index is -0.483. The summed E-state index contributed by atoms with van der Waals surface area (Å²) in [7, 11) is 0. The van der Waals surface area contributed by atoms with Crippen molar-refractivity contribution in [2.45, 2.75) is 6.54 Å². The highest BCUT2D eigenvalue weighted by atomic mass is 16.6. The number of pyridine rings is 1. The van der Waals surface area contributed by atoms with Crippen LogP contribution in [-0.4, -0.2) is 19.5 Å². The van der Waals surface area contributed by atoms with Crippen LogP contribution in [0.3, 0.4) is 0 Å². The lowest BCUT2D eigenvalue weighted by Crippen LogP contribution is -2.07. The van der Waals surface area contributed by atoms with E-state index in [0.717, 1.165) is 5.56 Å². The number of hydrogen-bond donors (Lipinski definition) is 1. The summed E-state index contributed by atoms with van der Waals surface area (Å²) in [5, 5.41) is 23.1. The van der Waals surface area contributed by atoms with Crippen LogP contribution in [0.1, 0.15) is 11.1 Å². The maximum Gasteiger partial charge on any atom is 0.292 e. The Kier molecular flexibility index (Phi) is 4.16. The number of benzene rings is 1. The lowest BCUT2D eigenvalue weighted by molar-refractivity contribution is -0.384. The van der Waals surface area contributed by atoms with Crippen molar-refractivity contribution in [3.8, 4) is 11.9 Å². The predicted molar refractivity (Wildman–Crippen MR) is 86.5 cm³/mol. The average Bonchev–Trinajstić information content (AvgIpc) is 3.14. The van der Waals surface area contributed by atoms with Gasteiger partial charge in [-0.05, 0) is 18.2 Å². The van der Waals surface area contributed by atoms with Crippen LogP contribution in [0.25, 0.3) is 5.82 Å². The van der Waals surface area contributed by atoms with Crippen LogP contribution in [0.5, 0.6) is 0 Å². The zero-order valence-corrected chi connectivity index (χ0v) is 12.5. The number of hydrogen-bond acceptors (Lipinski definition) is 6. The molecule has 0 bridgehead atoms. The predicted octanol–water partition coefficient (Wildman–Crippen LogP) is 2.66. The molecule has 8 nitrogen and oxygen atoms in total. The van der Waals surface area contributed by atoms with Crippen LogP contribution >= 0.6 is 0 Å². The van der Waals surface area contributed by atoms with E-state index >= 15 is 0 Å². The fourth-order valence-electron chi connectivity index (χ4n) is 2.28. The number of aromatic nitrogens is 3. The molecule has 0 saturated carbocycles. The minimum Gasteiger partial charge on any atom is -0.375 e. The molecule has 0 radical (unpaired) electrons. The zero-order chi connectivity index (χ0) is 16.9. The summed E-state index contributed by atoms with van der Waals surface area (Å²) in [5.74, 6) is 0.682. The van der Waals surface area contributed by atoms with Gasteiger partial charge in [-0.1, -0.05) is 6.07 Å². The van der Waals surface area contributed by atoms with Crippen molar-refractivity contribution in [3.05, 3.63) is 76.5 Å². The molecule has 2 heterocycles. The van der Waals surface area contributed by atoms with E-state index in [4.69, 9.17) is 5.26 Å². The Hall–Kier alpha value is -3.73. The van der Waals surface area contributed by atoms with Crippen molar-refractivity contribution >= 4 is 11.4 Å². The monoisotopic (exact) mass is 320 g/mol. The van der Waals surface area contributed by atoms with Gasteiger partial charge in [-0.15, -0.1) is 0 Å². The van der Waals surface area contributed by atoms with E-state index in [1.54, 1.807) is 35.6 Å². The molecule has 3 rings (SSSR count). The van der Waals surface area contributed by atoms with Gasteiger partial charge in [0.25, 0.3) is 5.69 Å². The zero-order valence-electron chi connectivity index (χ0n) is 12.5. The number of nitro groups is 1. The first-order chi connectivity index (χ1) is 11.7. The molecular formula is C16H12N6O2. The molecule has 0 fully saturated rings. The van der Waals surface area contributed by atoms with E-state index < -0.39 is 4.92 Å². The molecule has 2 aromatic heterocycles. The summed E-state index contributed by atoms with van der Waals surface area (Å²) < 4.78 is 1.76. The fraction of sp³-hybridized carbons (Fsp3) is 0.0625. The molecule has 3 aromatic rings. The quantitative estimate of drug-likeness (QED) is 0.571. The maximum atomic E-state index is 11.1. The Morgan fingerprint density at radius 3 is 2.92 bits per heavy atom. The molecule has 24 heavy (non-hydrogen) atoms. The molecule has 0 aliphatic carbocycles. The summed E-state index contributed by atoms with van der Waals surface area (Å²) in [6, 6.07) is 9.84. The maximum absolute atomic E-state index is 11.1. The summed E-state index contributed by atoms with van der Waals surface area (Å²) >= 11 is 0. The van der Waals surface area contributed by atoms with Crippen molar-refractivity contribution in [3.63, 3.8) is 0 Å². The molecule has 1 aromatic carbocycles. The summed E-state index contributed by atoms with van der Waals surface area (Å²) in [5.41, 5.74) is 1.40. The second-order valence-electron chi connectivity index (χ2n) is 4.91. The summed E-state index contributed by atoms with van der Waals surface area (Å²) in [6.07, 6.45) is 6.71. The van der Waals surface area contributed by atoms with Crippen molar-refractivity contribution in [1.82, 2.24) is 14.5 Å². The average molecular weight is 320 g/mol. The Balaban J connectivity index is 1.90. The molecule has 0 aliphatic rings. The lowest BCUT2D eigenvalue weighted by Gasteiger charge is -2.11. The summed E-state index contributed by atoms with van der Waals surface area (Å²) in [4.78, 5) is 19.0. The Morgan fingerprint density at radius 1 is 1.33 bits per heavy atom. The van der Waals surface area contributed by atoms with Gasteiger partial charge >= 0.3 is 0 Å². The molecule has 8 heteroatoms. The standard InChI is InChI=1S/C16H12N6O2/c17-9-12-3-4-15(22(23)24)14(8-12)20-10-13-2-1-5-19-16(13)21-7-6-18-11-21/h1-8,11,20H,10H2. The van der Waals surface area contributed by atoms with Crippen molar-refractivity contribution in [2.75, 3.05) is 5.32 Å². The molecule has 0 spiro atoms. The number of nitrogens with one attached hydrogen (secondary N) is 1. The van der Waals surface area contributed by atoms with E-state index in [1.807, 2.05) is 12.1 Å². The smallest absolute Gasteiger partial charge is 0.292 e. The Bertz CT molecular complexity index is 915. The molecule has 0 saturated heterocycles. The first kappa shape index (κ1) is 15.2. The second kappa shape index (κ2) is 6.58. The molecule has 1 N–H and O–H groups in total. The van der Waals surface area contributed by atoms with Gasteiger partial charge in [0.05, 0.1) is 16.6 Å². The van der Waals surface area contributed by atoms with Crippen molar-refractivity contribution < 1.29 is 4.92 Å². The molecule has 118 valence electrons. The topological polar surface area (TPSA) is 110 Å². The van der Waals surface area contributed by atoms with Gasteiger partial charge in [-0.3, -0.25) is 14.7 Å². The highest BCUT2D eigenvalue weighted by Crippen LogP contribution is 2.26. The van der Waals surface area contributed by atoms with E-state index in [1.165, 1.54) is 18.2 Å². The van der Waals surface area contributed by atoms with E-state index in [-0.39, 0.29) is 5.69 Å². The first-order valence-corrected chi connectivity index (χ1v) is 7.03. The second-order valence-corrected chi connectivity index (χ2v) is 4.91. The minimum absolute atomic E-state index is 0.0814. The van der Waals surface area contributed by atoms with E-state index in [0.29, 0.717) is 23.6 Å². The highest BCUT2D eigenvalue weighted by molar-refractivity contribution is 5.64. The third-order valence-corrected chi connectivity index (χ3v) is 3.41. The Labute approximate surface area is 137 Å². The van der Waals surface area contributed by atoms with Gasteiger partial charge < -0.3 is 5.32 Å². The van der Waals surface area contributed by atoms with Gasteiger partial charge in [0.2, 0.25) is 0 Å². The van der Waals surface area contributed by atoms with Gasteiger partial charge in [0, 0.05) is 36.8 Å². The number of imidazole rings is 1. The molecule has 0 aliphatic heterocycles. The van der Waals surface area contributed by atoms with Crippen LogP contribution in [0, 0.1) is 21.4 Å². The number of anilines is 1. The van der Waals surface area contributed by atoms with E-state index in [9.17, 15) is 10.1 Å². The normalized spacial score (nSPS) is 10.1. The van der Waals surface area contributed by atoms with Crippen LogP contribution in [0.2, 0.25) is 0 Å². The Morgan fingerprint density at radius 2 is 2.21 bits per heavy atom. The largest absolute Gasteiger partial charge is 0.375 e. The van der Waals surface area contributed by atoms with Gasteiger partial charge in [0.15, 0.2) is 0 Å². The third-order valence-electron chi connectivity index (χ3n) is 3.41. The lowest BCUT2D eigenvalue weighted by atomic mass is 10.1. The molecule has 0 atom stereocenters. The fourth-order valence-corrected chi connectivity index (χ4v) is 2.28. The molecule has 0 amide bonds. The summed E-state index contributed by atoms with van der Waals surface area (Å²) in [6.45, 7) is 0.317. The highest BCUT2D eigenvalue weighted by Gasteiger charge is 2.15. The number of rotatable bonds is 5. The van der Waals surface area contributed by atoms with Crippen LogP contribution in [-0.2, 0) is 6.54 Å². The number of nitro benzene ring substituents is 1. The third kappa shape index (κ3) is 3.05. The van der Waals surface area contributed by atoms with Gasteiger partial charge in [-0.2, -0.15) is 5.26 Å². The van der Waals surface area contributed by atoms with Gasteiger partial charge in [0.1, 0.15) is 17.8 Å².